The molecule has 1 aliphatic rings. The molecule has 1 heterocycles. The van der Waals surface area contributed by atoms with Crippen molar-refractivity contribution >= 4 is 17.8 Å². The Balaban J connectivity index is 2.92. The summed E-state index contributed by atoms with van der Waals surface area (Å²) >= 11 is 0. The molecule has 96 valence electrons. The van der Waals surface area contributed by atoms with Crippen molar-refractivity contribution in [2.75, 3.05) is 20.3 Å². The van der Waals surface area contributed by atoms with Crippen molar-refractivity contribution in [3.05, 3.63) is 0 Å². The number of nitrogens with zero attached hydrogens (tertiary/aromatic N) is 1. The molecule has 0 aromatic heterocycles. The van der Waals surface area contributed by atoms with Gasteiger partial charge in [-0.2, -0.15) is 0 Å². The number of carboxylic acids is 2. The van der Waals surface area contributed by atoms with Crippen LogP contribution in [-0.2, 0) is 19.1 Å². The van der Waals surface area contributed by atoms with Gasteiger partial charge in [0, 0.05) is 13.5 Å². The smallest absolute Gasteiger partial charge is 0.326 e. The first-order valence-electron chi connectivity index (χ1n) is 4.85. The van der Waals surface area contributed by atoms with Crippen LogP contribution in [-0.4, -0.2) is 64.8 Å². The van der Waals surface area contributed by atoms with Gasteiger partial charge in [-0.1, -0.05) is 0 Å². The fourth-order valence-corrected chi connectivity index (χ4v) is 1.78. The molecule has 2 unspecified atom stereocenters. The van der Waals surface area contributed by atoms with Crippen molar-refractivity contribution in [2.45, 2.75) is 18.0 Å². The number of likely N-dealkylation sites (tertiary alicyclic amines) is 1. The van der Waals surface area contributed by atoms with Crippen molar-refractivity contribution in [2.24, 2.45) is 5.73 Å². The van der Waals surface area contributed by atoms with E-state index in [-0.39, 0.29) is 19.6 Å². The van der Waals surface area contributed by atoms with Crippen molar-refractivity contribution in [1.82, 2.24) is 4.90 Å². The summed E-state index contributed by atoms with van der Waals surface area (Å²) in [6.45, 7) is -0.638. The number of methoxy groups -OCH3 is 1. The maximum atomic E-state index is 11.6. The molecule has 1 saturated heterocycles. The Bertz CT molecular complexity index is 357. The molecular formula is C9H14N2O6. The van der Waals surface area contributed by atoms with Crippen LogP contribution in [0.4, 0.5) is 0 Å². The van der Waals surface area contributed by atoms with Crippen molar-refractivity contribution in [3.8, 4) is 0 Å². The van der Waals surface area contributed by atoms with Crippen LogP contribution in [0.15, 0.2) is 0 Å². The lowest BCUT2D eigenvalue weighted by Crippen LogP contribution is -2.51. The molecular weight excluding hydrogens is 232 g/mol. The van der Waals surface area contributed by atoms with Crippen LogP contribution < -0.4 is 5.73 Å². The number of aliphatic carboxylic acids is 2. The van der Waals surface area contributed by atoms with Gasteiger partial charge in [0.2, 0.25) is 5.91 Å². The Labute approximate surface area is 96.9 Å². The lowest BCUT2D eigenvalue weighted by molar-refractivity contribution is -0.149. The maximum Gasteiger partial charge on any atom is 0.326 e. The summed E-state index contributed by atoms with van der Waals surface area (Å²) in [6.07, 6.45) is -0.312. The number of carbonyl (C=O) groups excluding carboxylic acids is 1. The molecule has 0 radical (unpaired) electrons. The van der Waals surface area contributed by atoms with Crippen molar-refractivity contribution in [3.63, 3.8) is 0 Å². The molecule has 1 rings (SSSR count). The summed E-state index contributed by atoms with van der Waals surface area (Å²) in [6, 6.07) is -1.22. The molecule has 0 aromatic rings. The molecule has 1 aliphatic heterocycles. The van der Waals surface area contributed by atoms with Gasteiger partial charge in [-0.05, 0) is 0 Å². The molecule has 17 heavy (non-hydrogen) atoms. The van der Waals surface area contributed by atoms with Crippen LogP contribution in [0.25, 0.3) is 0 Å². The minimum atomic E-state index is -1.72. The van der Waals surface area contributed by atoms with E-state index in [2.05, 4.69) is 4.74 Å². The van der Waals surface area contributed by atoms with Gasteiger partial charge >= 0.3 is 11.9 Å². The van der Waals surface area contributed by atoms with Gasteiger partial charge in [0.25, 0.3) is 0 Å². The average Bonchev–Trinajstić information content (AvgIpc) is 2.58. The van der Waals surface area contributed by atoms with Crippen molar-refractivity contribution in [1.29, 1.82) is 0 Å². The van der Waals surface area contributed by atoms with E-state index in [0.717, 1.165) is 4.90 Å². The van der Waals surface area contributed by atoms with Crippen LogP contribution >= 0.6 is 0 Å². The summed E-state index contributed by atoms with van der Waals surface area (Å²) in [5, 5.41) is 17.8. The minimum Gasteiger partial charge on any atom is -0.480 e. The molecule has 8 heteroatoms. The summed E-state index contributed by atoms with van der Waals surface area (Å²) in [4.78, 5) is 34.4. The van der Waals surface area contributed by atoms with Gasteiger partial charge in [0.15, 0.2) is 0 Å². The fourth-order valence-electron chi connectivity index (χ4n) is 1.78. The van der Waals surface area contributed by atoms with Gasteiger partial charge in [0.05, 0.1) is 6.54 Å². The van der Waals surface area contributed by atoms with Gasteiger partial charge < -0.3 is 25.6 Å². The zero-order valence-electron chi connectivity index (χ0n) is 9.25. The average molecular weight is 246 g/mol. The quantitative estimate of drug-likeness (QED) is 0.528. The van der Waals surface area contributed by atoms with Crippen LogP contribution in [0.1, 0.15) is 6.42 Å². The highest BCUT2D eigenvalue weighted by Gasteiger charge is 2.51. The Morgan fingerprint density at radius 2 is 2.06 bits per heavy atom. The van der Waals surface area contributed by atoms with Crippen LogP contribution in [0.2, 0.25) is 0 Å². The highest BCUT2D eigenvalue weighted by molar-refractivity contribution is 5.89. The number of nitrogens with two attached hydrogens (primary N) is 1. The zero-order chi connectivity index (χ0) is 13.2. The second-order valence-corrected chi connectivity index (χ2v) is 3.97. The minimum absolute atomic E-state index is 0.306. The molecule has 0 saturated carbocycles. The summed E-state index contributed by atoms with van der Waals surface area (Å²) in [5.74, 6) is -3.19. The second kappa shape index (κ2) is 4.68. The third kappa shape index (κ3) is 2.53. The number of hydrogen-bond acceptors (Lipinski definition) is 5. The topological polar surface area (TPSA) is 130 Å². The largest absolute Gasteiger partial charge is 0.480 e. The number of carboxylic acid groups (broad SMARTS) is 2. The third-order valence-corrected chi connectivity index (χ3v) is 2.69. The first kappa shape index (κ1) is 13.4. The predicted molar refractivity (Wildman–Crippen MR) is 54.2 cm³/mol. The Hall–Kier alpha value is -1.67. The van der Waals surface area contributed by atoms with E-state index in [0.29, 0.717) is 0 Å². The van der Waals surface area contributed by atoms with Gasteiger partial charge in [0.1, 0.15) is 18.2 Å². The number of carbonyl (C=O) groups is 3. The van der Waals surface area contributed by atoms with Crippen LogP contribution in [0, 0.1) is 0 Å². The monoisotopic (exact) mass is 246 g/mol. The van der Waals surface area contributed by atoms with E-state index in [4.69, 9.17) is 15.9 Å². The van der Waals surface area contributed by atoms with E-state index in [9.17, 15) is 14.4 Å². The van der Waals surface area contributed by atoms with E-state index in [1.165, 1.54) is 7.11 Å². The van der Waals surface area contributed by atoms with Gasteiger partial charge in [-0.15, -0.1) is 0 Å². The maximum absolute atomic E-state index is 11.6. The van der Waals surface area contributed by atoms with Gasteiger partial charge in [-0.3, -0.25) is 9.59 Å². The predicted octanol–water partition coefficient (Wildman–Crippen LogP) is -1.90. The molecule has 0 aliphatic carbocycles. The van der Waals surface area contributed by atoms with E-state index in [1.54, 1.807) is 0 Å². The summed E-state index contributed by atoms with van der Waals surface area (Å²) < 4.78 is 4.60. The van der Waals surface area contributed by atoms with Gasteiger partial charge in [-0.25, -0.2) is 4.79 Å². The highest BCUT2D eigenvalue weighted by atomic mass is 16.5. The molecule has 1 amide bonds. The molecule has 0 bridgehead atoms. The molecule has 0 spiro atoms. The number of rotatable bonds is 4. The molecule has 4 N–H and O–H groups in total. The Kier molecular flexibility index (Phi) is 3.69. The standard InChI is InChI=1S/C9H14N2O6/c1-17-3-6(12)11-4-9(10,8(15)16)2-5(11)7(13)14/h5H,2-4,10H2,1H3,(H,13,14)(H,15,16). The molecule has 8 nitrogen and oxygen atoms in total. The number of amides is 1. The summed E-state index contributed by atoms with van der Waals surface area (Å²) in [7, 11) is 1.29. The molecule has 2 atom stereocenters. The van der Waals surface area contributed by atoms with Crippen molar-refractivity contribution < 1.29 is 29.3 Å². The summed E-state index contributed by atoms with van der Waals surface area (Å²) in [5.41, 5.74) is 3.84. The highest BCUT2D eigenvalue weighted by Crippen LogP contribution is 2.26. The SMILES string of the molecule is COCC(=O)N1CC(N)(C(=O)O)CC1C(=O)O. The lowest BCUT2D eigenvalue weighted by atomic mass is 9.98. The first-order valence-corrected chi connectivity index (χ1v) is 4.85. The zero-order valence-corrected chi connectivity index (χ0v) is 9.25. The Morgan fingerprint density at radius 1 is 1.47 bits per heavy atom. The first-order chi connectivity index (χ1) is 7.81. The fraction of sp³-hybridized carbons (Fsp3) is 0.667. The Morgan fingerprint density at radius 3 is 2.47 bits per heavy atom. The van der Waals surface area contributed by atoms with Crippen LogP contribution in [0.3, 0.4) is 0 Å². The van der Waals surface area contributed by atoms with E-state index >= 15 is 0 Å². The van der Waals surface area contributed by atoms with E-state index in [1.807, 2.05) is 0 Å². The second-order valence-electron chi connectivity index (χ2n) is 3.97. The van der Waals surface area contributed by atoms with Crippen LogP contribution in [0.5, 0.6) is 0 Å². The normalized spacial score (nSPS) is 28.1. The third-order valence-electron chi connectivity index (χ3n) is 2.69. The molecule has 1 fully saturated rings. The number of hydrogen-bond donors (Lipinski definition) is 3. The molecule has 0 aromatic carbocycles. The lowest BCUT2D eigenvalue weighted by Gasteiger charge is -2.21. The van der Waals surface area contributed by atoms with E-state index < -0.39 is 29.4 Å². The number of ether oxygens (including phenoxy) is 1.